The summed E-state index contributed by atoms with van der Waals surface area (Å²) in [5, 5.41) is 0. The van der Waals surface area contributed by atoms with E-state index < -0.39 is 0 Å². The van der Waals surface area contributed by atoms with Gasteiger partial charge in [-0.05, 0) is 32.3 Å². The first-order chi connectivity index (χ1) is 11.2. The zero-order valence-corrected chi connectivity index (χ0v) is 13.7. The second-order valence-electron chi connectivity index (χ2n) is 6.47. The molecule has 0 unspecified atom stereocenters. The first kappa shape index (κ1) is 16.3. The number of rotatable bonds is 3. The Bertz CT molecular complexity index is 532. The van der Waals surface area contributed by atoms with E-state index in [2.05, 4.69) is 9.97 Å². The van der Waals surface area contributed by atoms with Crippen molar-refractivity contribution in [2.75, 3.05) is 39.5 Å². The van der Waals surface area contributed by atoms with E-state index in [1.807, 2.05) is 17.9 Å². The highest BCUT2D eigenvalue weighted by Crippen LogP contribution is 2.20. The summed E-state index contributed by atoms with van der Waals surface area (Å²) in [6.45, 7) is 6.11. The second-order valence-corrected chi connectivity index (χ2v) is 6.47. The van der Waals surface area contributed by atoms with E-state index >= 15 is 0 Å². The van der Waals surface area contributed by atoms with Crippen LogP contribution in [-0.2, 0) is 20.7 Å². The summed E-state index contributed by atoms with van der Waals surface area (Å²) < 4.78 is 11.1. The standard InChI is InChI=1S/C17H25N3O3/c1-13-8-16(19-12-18-13)9-14-10-20(4-7-23-11-14)17(21)15-2-5-22-6-3-15/h8,12,14-15H,2-7,9-11H2,1H3/t14-/m0/s1. The van der Waals surface area contributed by atoms with Gasteiger partial charge in [-0.15, -0.1) is 0 Å². The normalized spacial score (nSPS) is 23.5. The van der Waals surface area contributed by atoms with Crippen molar-refractivity contribution < 1.29 is 14.3 Å². The van der Waals surface area contributed by atoms with Crippen LogP contribution in [0.1, 0.15) is 24.2 Å². The van der Waals surface area contributed by atoms with Crippen molar-refractivity contribution in [2.24, 2.45) is 11.8 Å². The second kappa shape index (κ2) is 7.84. The fraction of sp³-hybridized carbons (Fsp3) is 0.706. The molecule has 2 fully saturated rings. The first-order valence-electron chi connectivity index (χ1n) is 8.44. The summed E-state index contributed by atoms with van der Waals surface area (Å²) in [6, 6.07) is 2.01. The fourth-order valence-electron chi connectivity index (χ4n) is 3.32. The van der Waals surface area contributed by atoms with Crippen molar-refractivity contribution in [3.8, 4) is 0 Å². The van der Waals surface area contributed by atoms with Crippen molar-refractivity contribution in [3.63, 3.8) is 0 Å². The minimum absolute atomic E-state index is 0.115. The summed E-state index contributed by atoms with van der Waals surface area (Å²) in [7, 11) is 0. The lowest BCUT2D eigenvalue weighted by Gasteiger charge is -2.29. The number of carbonyl (C=O) groups excluding carboxylic acids is 1. The van der Waals surface area contributed by atoms with Crippen molar-refractivity contribution in [1.29, 1.82) is 0 Å². The van der Waals surface area contributed by atoms with E-state index in [4.69, 9.17) is 9.47 Å². The molecule has 2 aliphatic heterocycles. The van der Waals surface area contributed by atoms with E-state index in [-0.39, 0.29) is 17.7 Å². The largest absolute Gasteiger partial charge is 0.381 e. The maximum Gasteiger partial charge on any atom is 0.225 e. The highest BCUT2D eigenvalue weighted by molar-refractivity contribution is 5.79. The molecular formula is C17H25N3O3. The van der Waals surface area contributed by atoms with Crippen LogP contribution in [0, 0.1) is 18.8 Å². The maximum absolute atomic E-state index is 12.7. The molecule has 0 aromatic carbocycles. The van der Waals surface area contributed by atoms with Gasteiger partial charge in [-0.3, -0.25) is 4.79 Å². The molecule has 0 spiro atoms. The molecule has 0 radical (unpaired) electrons. The Hall–Kier alpha value is -1.53. The lowest BCUT2D eigenvalue weighted by molar-refractivity contribution is -0.138. The van der Waals surface area contributed by atoms with Gasteiger partial charge in [-0.1, -0.05) is 0 Å². The topological polar surface area (TPSA) is 64.5 Å². The van der Waals surface area contributed by atoms with Gasteiger partial charge >= 0.3 is 0 Å². The van der Waals surface area contributed by atoms with Crippen molar-refractivity contribution in [1.82, 2.24) is 14.9 Å². The molecule has 2 saturated heterocycles. The number of nitrogens with zero attached hydrogens (tertiary/aromatic N) is 3. The van der Waals surface area contributed by atoms with Gasteiger partial charge in [0.2, 0.25) is 5.91 Å². The summed E-state index contributed by atoms with van der Waals surface area (Å²) in [4.78, 5) is 23.2. The molecule has 126 valence electrons. The number of hydrogen-bond donors (Lipinski definition) is 0. The predicted octanol–water partition coefficient (Wildman–Crippen LogP) is 1.23. The molecule has 3 heterocycles. The van der Waals surface area contributed by atoms with Crippen LogP contribution < -0.4 is 0 Å². The molecule has 0 saturated carbocycles. The summed E-state index contributed by atoms with van der Waals surface area (Å²) in [5.41, 5.74) is 1.99. The van der Waals surface area contributed by atoms with Crippen LogP contribution >= 0.6 is 0 Å². The van der Waals surface area contributed by atoms with Crippen molar-refractivity contribution >= 4 is 5.91 Å². The molecule has 1 atom stereocenters. The zero-order valence-electron chi connectivity index (χ0n) is 13.7. The Kier molecular flexibility index (Phi) is 5.56. The molecule has 2 aliphatic rings. The van der Waals surface area contributed by atoms with Crippen LogP contribution in [0.3, 0.4) is 0 Å². The van der Waals surface area contributed by atoms with Gasteiger partial charge in [0.15, 0.2) is 0 Å². The van der Waals surface area contributed by atoms with Gasteiger partial charge in [0, 0.05) is 49.5 Å². The van der Waals surface area contributed by atoms with E-state index in [9.17, 15) is 4.79 Å². The molecule has 0 N–H and O–H groups in total. The third-order valence-corrected chi connectivity index (χ3v) is 4.58. The molecule has 6 heteroatoms. The van der Waals surface area contributed by atoms with Crippen LogP contribution in [-0.4, -0.2) is 60.3 Å². The van der Waals surface area contributed by atoms with Crippen LogP contribution in [0.25, 0.3) is 0 Å². The van der Waals surface area contributed by atoms with E-state index in [1.54, 1.807) is 6.33 Å². The molecule has 1 aromatic heterocycles. The van der Waals surface area contributed by atoms with Gasteiger partial charge in [-0.25, -0.2) is 9.97 Å². The number of amides is 1. The quantitative estimate of drug-likeness (QED) is 0.838. The number of ether oxygens (including phenoxy) is 2. The maximum atomic E-state index is 12.7. The van der Waals surface area contributed by atoms with Gasteiger partial charge in [0.05, 0.1) is 13.2 Å². The van der Waals surface area contributed by atoms with Crippen LogP contribution in [0.15, 0.2) is 12.4 Å². The third-order valence-electron chi connectivity index (χ3n) is 4.58. The van der Waals surface area contributed by atoms with Crippen LogP contribution in [0.4, 0.5) is 0 Å². The van der Waals surface area contributed by atoms with E-state index in [0.29, 0.717) is 33.0 Å². The average molecular weight is 319 g/mol. The zero-order chi connectivity index (χ0) is 16.1. The van der Waals surface area contributed by atoms with Gasteiger partial charge in [0.1, 0.15) is 6.33 Å². The summed E-state index contributed by atoms with van der Waals surface area (Å²) >= 11 is 0. The third kappa shape index (κ3) is 4.48. The Morgan fingerprint density at radius 3 is 2.87 bits per heavy atom. The monoisotopic (exact) mass is 319 g/mol. The number of hydrogen-bond acceptors (Lipinski definition) is 5. The van der Waals surface area contributed by atoms with Crippen molar-refractivity contribution in [3.05, 3.63) is 23.8 Å². The van der Waals surface area contributed by atoms with Crippen molar-refractivity contribution in [2.45, 2.75) is 26.2 Å². The van der Waals surface area contributed by atoms with Crippen LogP contribution in [0.5, 0.6) is 0 Å². The minimum atomic E-state index is 0.115. The smallest absolute Gasteiger partial charge is 0.225 e. The average Bonchev–Trinajstić information content (AvgIpc) is 2.80. The molecule has 0 bridgehead atoms. The van der Waals surface area contributed by atoms with Gasteiger partial charge in [-0.2, -0.15) is 0 Å². The summed E-state index contributed by atoms with van der Waals surface area (Å²) in [6.07, 6.45) is 4.10. The number of aromatic nitrogens is 2. The lowest BCUT2D eigenvalue weighted by Crippen LogP contribution is -2.41. The molecular weight excluding hydrogens is 294 g/mol. The Morgan fingerprint density at radius 1 is 1.26 bits per heavy atom. The fourth-order valence-corrected chi connectivity index (χ4v) is 3.32. The van der Waals surface area contributed by atoms with Gasteiger partial charge in [0.25, 0.3) is 0 Å². The Balaban J connectivity index is 1.62. The number of aryl methyl sites for hydroxylation is 1. The molecule has 1 amide bonds. The Labute approximate surface area is 137 Å². The molecule has 3 rings (SSSR count). The van der Waals surface area contributed by atoms with Gasteiger partial charge < -0.3 is 14.4 Å². The predicted molar refractivity (Wildman–Crippen MR) is 84.9 cm³/mol. The lowest BCUT2D eigenvalue weighted by atomic mass is 9.97. The highest BCUT2D eigenvalue weighted by Gasteiger charge is 2.29. The number of carbonyl (C=O) groups is 1. The molecule has 6 nitrogen and oxygen atoms in total. The molecule has 0 aliphatic carbocycles. The minimum Gasteiger partial charge on any atom is -0.381 e. The highest BCUT2D eigenvalue weighted by atomic mass is 16.5. The first-order valence-corrected chi connectivity index (χ1v) is 8.44. The summed E-state index contributed by atoms with van der Waals surface area (Å²) in [5.74, 6) is 0.669. The molecule has 23 heavy (non-hydrogen) atoms. The van der Waals surface area contributed by atoms with E-state index in [1.165, 1.54) is 0 Å². The van der Waals surface area contributed by atoms with Crippen LogP contribution in [0.2, 0.25) is 0 Å². The SMILES string of the molecule is Cc1cc(C[C@@H]2COCCN(C(=O)C3CCOCC3)C2)ncn1. The Morgan fingerprint density at radius 2 is 2.09 bits per heavy atom. The molecule has 1 aromatic rings. The van der Waals surface area contributed by atoms with E-state index in [0.717, 1.165) is 37.2 Å².